The Morgan fingerprint density at radius 1 is 0.840 bits per heavy atom. The van der Waals surface area contributed by atoms with E-state index in [0.29, 0.717) is 19.3 Å². The molecule has 0 saturated heterocycles. The number of unbranched alkanes of at least 4 members (excludes halogenated alkanes) is 2. The summed E-state index contributed by atoms with van der Waals surface area (Å²) < 4.78 is 0. The van der Waals surface area contributed by atoms with E-state index >= 15 is 0 Å². The number of hydrogen-bond acceptors (Lipinski definition) is 4. The molecule has 0 aromatic carbocycles. The highest BCUT2D eigenvalue weighted by molar-refractivity contribution is 5.66. The van der Waals surface area contributed by atoms with Crippen molar-refractivity contribution in [3.63, 3.8) is 0 Å². The van der Waals surface area contributed by atoms with Gasteiger partial charge in [0.05, 0.1) is 18.3 Å². The Morgan fingerprint density at radius 3 is 2.04 bits per heavy atom. The summed E-state index contributed by atoms with van der Waals surface area (Å²) in [4.78, 5) is 10.4. The van der Waals surface area contributed by atoms with Gasteiger partial charge in [-0.2, -0.15) is 0 Å². The van der Waals surface area contributed by atoms with Gasteiger partial charge in [-0.3, -0.25) is 4.79 Å². The molecule has 0 fully saturated rings. The zero-order chi connectivity index (χ0) is 18.9. The minimum atomic E-state index is -0.855. The number of allylic oxidation sites excluding steroid dienone is 6. The second kappa shape index (κ2) is 15.8. The summed E-state index contributed by atoms with van der Waals surface area (Å²) in [6, 6.07) is 0. The lowest BCUT2D eigenvalue weighted by Crippen LogP contribution is -2.23. The normalized spacial score (nSPS) is 16.3. The first-order valence-electron chi connectivity index (χ1n) is 8.91. The van der Waals surface area contributed by atoms with E-state index in [-0.39, 0.29) is 6.42 Å². The minimum absolute atomic E-state index is 0.0644. The maximum atomic E-state index is 10.4. The van der Waals surface area contributed by atoms with Crippen molar-refractivity contribution in [1.29, 1.82) is 0 Å². The maximum absolute atomic E-state index is 10.4. The van der Waals surface area contributed by atoms with Crippen molar-refractivity contribution in [3.8, 4) is 0 Å². The van der Waals surface area contributed by atoms with Crippen LogP contribution in [0.2, 0.25) is 0 Å². The summed E-state index contributed by atoms with van der Waals surface area (Å²) in [5, 5.41) is 37.6. The van der Waals surface area contributed by atoms with Crippen LogP contribution in [0.4, 0.5) is 0 Å². The van der Waals surface area contributed by atoms with Crippen molar-refractivity contribution >= 4 is 5.97 Å². The van der Waals surface area contributed by atoms with Gasteiger partial charge in [-0.25, -0.2) is 0 Å². The molecule has 0 aromatic rings. The highest BCUT2D eigenvalue weighted by Crippen LogP contribution is 2.07. The zero-order valence-corrected chi connectivity index (χ0v) is 15.0. The molecule has 0 saturated carbocycles. The first-order valence-corrected chi connectivity index (χ1v) is 8.91. The lowest BCUT2D eigenvalue weighted by molar-refractivity contribution is -0.137. The topological polar surface area (TPSA) is 98.0 Å². The number of carbonyl (C=O) groups is 1. The molecule has 0 aliphatic carbocycles. The molecule has 0 unspecified atom stereocenters. The molecule has 0 aliphatic heterocycles. The average molecular weight is 352 g/mol. The number of carboxylic acid groups (broad SMARTS) is 1. The Hall–Kier alpha value is -1.69. The van der Waals surface area contributed by atoms with E-state index in [0.717, 1.165) is 19.3 Å². The molecule has 0 aromatic heterocycles. The van der Waals surface area contributed by atoms with Gasteiger partial charge in [0.1, 0.15) is 0 Å². The molecule has 4 N–H and O–H groups in total. The van der Waals surface area contributed by atoms with Gasteiger partial charge in [-0.05, 0) is 19.3 Å². The van der Waals surface area contributed by atoms with Crippen LogP contribution >= 0.6 is 0 Å². The van der Waals surface area contributed by atoms with Crippen molar-refractivity contribution in [2.24, 2.45) is 0 Å². The molecule has 0 spiro atoms. The lowest BCUT2D eigenvalue weighted by Gasteiger charge is -2.13. The number of carboxylic acids is 1. The summed E-state index contributed by atoms with van der Waals surface area (Å²) in [5.74, 6) is -0.854. The lowest BCUT2D eigenvalue weighted by atomic mass is 10.1. The fourth-order valence-electron chi connectivity index (χ4n) is 2.09. The predicted molar refractivity (Wildman–Crippen MR) is 100 cm³/mol. The van der Waals surface area contributed by atoms with Crippen LogP contribution in [0.15, 0.2) is 48.6 Å². The molecule has 0 radical (unpaired) electrons. The second-order valence-corrected chi connectivity index (χ2v) is 5.95. The summed E-state index contributed by atoms with van der Waals surface area (Å²) >= 11 is 0. The molecule has 142 valence electrons. The average Bonchev–Trinajstić information content (AvgIpc) is 2.56. The van der Waals surface area contributed by atoms with Gasteiger partial charge in [-0.15, -0.1) is 0 Å². The van der Waals surface area contributed by atoms with Gasteiger partial charge >= 0.3 is 5.97 Å². The van der Waals surface area contributed by atoms with E-state index in [2.05, 4.69) is 6.92 Å². The Kier molecular flexibility index (Phi) is 14.7. The van der Waals surface area contributed by atoms with Gasteiger partial charge in [0.15, 0.2) is 0 Å². The van der Waals surface area contributed by atoms with Crippen LogP contribution < -0.4 is 0 Å². The molecule has 0 bridgehead atoms. The number of rotatable bonds is 14. The first-order chi connectivity index (χ1) is 12.0. The molecule has 0 rings (SSSR count). The molecule has 3 atom stereocenters. The van der Waals surface area contributed by atoms with E-state index in [1.165, 1.54) is 0 Å². The van der Waals surface area contributed by atoms with E-state index in [9.17, 15) is 20.1 Å². The Bertz CT molecular complexity index is 451. The standard InChI is InChI=1S/C20H32O5/c1-2-3-8-14-18(22)19(23)15-10-7-5-4-6-9-12-17(21)13-11-16-20(24)25/h4-7,9-10,12,15,17-19,21-23H,2-3,8,11,13-14,16H2,1H3,(H,24,25)/b6-4-,7-5+,12-9+,15-10+/t17-,18+,19+/m1/s1. The van der Waals surface area contributed by atoms with E-state index < -0.39 is 24.3 Å². The number of aliphatic hydroxyl groups excluding tert-OH is 3. The second-order valence-electron chi connectivity index (χ2n) is 5.95. The third-order valence-electron chi connectivity index (χ3n) is 3.59. The summed E-state index contributed by atoms with van der Waals surface area (Å²) in [6.07, 6.45) is 16.0. The number of aliphatic hydroxyl groups is 3. The van der Waals surface area contributed by atoms with Gasteiger partial charge in [0.2, 0.25) is 0 Å². The molecular weight excluding hydrogens is 320 g/mol. The fourth-order valence-corrected chi connectivity index (χ4v) is 2.09. The van der Waals surface area contributed by atoms with Crippen molar-refractivity contribution < 1.29 is 25.2 Å². The van der Waals surface area contributed by atoms with E-state index in [1.807, 2.05) is 0 Å². The van der Waals surface area contributed by atoms with Crippen LogP contribution in [0, 0.1) is 0 Å². The van der Waals surface area contributed by atoms with Crippen LogP contribution in [0.1, 0.15) is 51.9 Å². The van der Waals surface area contributed by atoms with Crippen LogP contribution in [-0.4, -0.2) is 44.7 Å². The zero-order valence-electron chi connectivity index (χ0n) is 15.0. The molecule has 5 heteroatoms. The smallest absolute Gasteiger partial charge is 0.303 e. The van der Waals surface area contributed by atoms with Gasteiger partial charge in [0, 0.05) is 6.42 Å². The molecule has 0 heterocycles. The van der Waals surface area contributed by atoms with Crippen molar-refractivity contribution in [3.05, 3.63) is 48.6 Å². The molecule has 0 aliphatic rings. The van der Waals surface area contributed by atoms with Crippen molar-refractivity contribution in [2.75, 3.05) is 0 Å². The third-order valence-corrected chi connectivity index (χ3v) is 3.59. The highest BCUT2D eigenvalue weighted by atomic mass is 16.4. The predicted octanol–water partition coefficient (Wildman–Crippen LogP) is 3.13. The SMILES string of the molecule is CCCCC[C@H](O)[C@@H](O)/C=C/C=C/C=C\C=C\[C@@H](O)CCCC(=O)O. The molecule has 5 nitrogen and oxygen atoms in total. The minimum Gasteiger partial charge on any atom is -0.481 e. The van der Waals surface area contributed by atoms with Crippen LogP contribution in [0.3, 0.4) is 0 Å². The summed E-state index contributed by atoms with van der Waals surface area (Å²) in [5.41, 5.74) is 0. The van der Waals surface area contributed by atoms with Crippen LogP contribution in [-0.2, 0) is 4.79 Å². The third kappa shape index (κ3) is 15.6. The van der Waals surface area contributed by atoms with Crippen molar-refractivity contribution in [1.82, 2.24) is 0 Å². The fraction of sp³-hybridized carbons (Fsp3) is 0.550. The Labute approximate surface area is 150 Å². The maximum Gasteiger partial charge on any atom is 0.303 e. The number of aliphatic carboxylic acids is 1. The summed E-state index contributed by atoms with van der Waals surface area (Å²) in [6.45, 7) is 2.09. The molecular formula is C20H32O5. The van der Waals surface area contributed by atoms with E-state index in [4.69, 9.17) is 5.11 Å². The van der Waals surface area contributed by atoms with E-state index in [1.54, 1.807) is 48.6 Å². The Morgan fingerprint density at radius 2 is 1.44 bits per heavy atom. The molecule has 25 heavy (non-hydrogen) atoms. The van der Waals surface area contributed by atoms with Gasteiger partial charge in [0.25, 0.3) is 0 Å². The highest BCUT2D eigenvalue weighted by Gasteiger charge is 2.11. The largest absolute Gasteiger partial charge is 0.481 e. The van der Waals surface area contributed by atoms with Gasteiger partial charge < -0.3 is 20.4 Å². The first kappa shape index (κ1) is 23.3. The van der Waals surface area contributed by atoms with Crippen LogP contribution in [0.25, 0.3) is 0 Å². The summed E-state index contributed by atoms with van der Waals surface area (Å²) in [7, 11) is 0. The monoisotopic (exact) mass is 352 g/mol. The van der Waals surface area contributed by atoms with Gasteiger partial charge in [-0.1, -0.05) is 74.8 Å². The van der Waals surface area contributed by atoms with Crippen LogP contribution in [0.5, 0.6) is 0 Å². The van der Waals surface area contributed by atoms with Crippen molar-refractivity contribution in [2.45, 2.75) is 70.2 Å². The molecule has 0 amide bonds. The quantitative estimate of drug-likeness (QED) is 0.284. The Balaban J connectivity index is 3.96. The number of hydrogen-bond donors (Lipinski definition) is 4.